The maximum atomic E-state index is 4.44. The van der Waals surface area contributed by atoms with Gasteiger partial charge in [0.15, 0.2) is 0 Å². The van der Waals surface area contributed by atoms with Crippen molar-refractivity contribution in [3.8, 4) is 22.5 Å². The Kier molecular flexibility index (Phi) is 3.96. The quantitative estimate of drug-likeness (QED) is 0.575. The van der Waals surface area contributed by atoms with Crippen molar-refractivity contribution >= 4 is 5.69 Å². The number of benzene rings is 2. The molecule has 3 aromatic rings. The normalized spacial score (nSPS) is 11.0. The van der Waals surface area contributed by atoms with Crippen LogP contribution in [0.2, 0.25) is 0 Å². The molecule has 0 amide bonds. The van der Waals surface area contributed by atoms with Crippen LogP contribution in [0.4, 0.5) is 5.69 Å². The Morgan fingerprint density at radius 2 is 1.45 bits per heavy atom. The maximum absolute atomic E-state index is 4.44. The average Bonchev–Trinajstić information content (AvgIpc) is 2.98. The van der Waals surface area contributed by atoms with Crippen LogP contribution >= 0.6 is 0 Å². The molecule has 1 heterocycles. The Morgan fingerprint density at radius 3 is 2.05 bits per heavy atom. The van der Waals surface area contributed by atoms with Gasteiger partial charge in [-0.05, 0) is 0 Å². The van der Waals surface area contributed by atoms with Gasteiger partial charge >= 0.3 is 0 Å². The first-order chi connectivity index (χ1) is 10.8. The molecule has 0 unspecified atom stereocenters. The molecule has 0 aliphatic carbocycles. The minimum atomic E-state index is 0.742. The van der Waals surface area contributed by atoms with E-state index in [0.717, 1.165) is 28.2 Å². The lowest BCUT2D eigenvalue weighted by molar-refractivity contribution is 0.408. The highest BCUT2D eigenvalue weighted by Crippen LogP contribution is 2.37. The van der Waals surface area contributed by atoms with Gasteiger partial charge in [0.05, 0.1) is 5.69 Å². The first kappa shape index (κ1) is 14.0. The fourth-order valence-corrected chi connectivity index (χ4v) is 2.17. The Bertz CT molecular complexity index is 703. The standard InChI is InChI=1S/C17H17N5/c1-22(2)21-20-17-15(13-9-5-3-6-10-13)18-19-16(17)14-11-7-4-8-12-14/h3-12H,1-2H3,(H,18,19). The Balaban J connectivity index is 2.14. The third-order valence-electron chi connectivity index (χ3n) is 3.17. The van der Waals surface area contributed by atoms with Crippen LogP contribution in [-0.4, -0.2) is 29.3 Å². The molecule has 5 heteroatoms. The van der Waals surface area contributed by atoms with E-state index in [-0.39, 0.29) is 0 Å². The molecule has 0 aliphatic rings. The first-order valence-electron chi connectivity index (χ1n) is 7.04. The number of hydrogen-bond acceptors (Lipinski definition) is 3. The van der Waals surface area contributed by atoms with E-state index in [9.17, 15) is 0 Å². The molecule has 0 radical (unpaired) electrons. The smallest absolute Gasteiger partial charge is 0.141 e. The minimum Gasteiger partial charge on any atom is -0.285 e. The lowest BCUT2D eigenvalue weighted by atomic mass is 10.1. The van der Waals surface area contributed by atoms with Crippen molar-refractivity contribution in [1.82, 2.24) is 15.2 Å². The lowest BCUT2D eigenvalue weighted by Crippen LogP contribution is -1.99. The van der Waals surface area contributed by atoms with Gasteiger partial charge in [0.2, 0.25) is 0 Å². The van der Waals surface area contributed by atoms with Gasteiger partial charge in [-0.25, -0.2) is 0 Å². The predicted octanol–water partition coefficient (Wildman–Crippen LogP) is 4.30. The van der Waals surface area contributed by atoms with E-state index in [2.05, 4.69) is 20.5 Å². The molecule has 2 aromatic carbocycles. The van der Waals surface area contributed by atoms with Crippen LogP contribution in [0.1, 0.15) is 0 Å². The Hall–Kier alpha value is -2.95. The fraction of sp³-hybridized carbons (Fsp3) is 0.118. The molecule has 1 N–H and O–H groups in total. The summed E-state index contributed by atoms with van der Waals surface area (Å²) in [6, 6.07) is 20.0. The largest absolute Gasteiger partial charge is 0.285 e. The van der Waals surface area contributed by atoms with E-state index in [1.54, 1.807) is 5.01 Å². The van der Waals surface area contributed by atoms with Crippen LogP contribution in [0.25, 0.3) is 22.5 Å². The molecule has 0 fully saturated rings. The van der Waals surface area contributed by atoms with Crippen molar-refractivity contribution < 1.29 is 0 Å². The van der Waals surface area contributed by atoms with Gasteiger partial charge in [-0.3, -0.25) is 10.1 Å². The second-order valence-electron chi connectivity index (χ2n) is 5.06. The number of H-pyrrole nitrogens is 1. The van der Waals surface area contributed by atoms with Gasteiger partial charge in [-0.15, -0.1) is 5.11 Å². The van der Waals surface area contributed by atoms with Crippen molar-refractivity contribution in [2.75, 3.05) is 14.1 Å². The summed E-state index contributed by atoms with van der Waals surface area (Å²) in [4.78, 5) is 0. The highest BCUT2D eigenvalue weighted by atomic mass is 15.5. The number of nitrogens with one attached hydrogen (secondary N) is 1. The Labute approximate surface area is 129 Å². The highest BCUT2D eigenvalue weighted by molar-refractivity contribution is 5.84. The predicted molar refractivity (Wildman–Crippen MR) is 87.7 cm³/mol. The summed E-state index contributed by atoms with van der Waals surface area (Å²) in [5.41, 5.74) is 4.44. The zero-order chi connectivity index (χ0) is 15.4. The summed E-state index contributed by atoms with van der Waals surface area (Å²) < 4.78 is 0. The minimum absolute atomic E-state index is 0.742. The highest BCUT2D eigenvalue weighted by Gasteiger charge is 2.16. The monoisotopic (exact) mass is 291 g/mol. The van der Waals surface area contributed by atoms with Crippen molar-refractivity contribution in [3.63, 3.8) is 0 Å². The van der Waals surface area contributed by atoms with Crippen LogP contribution in [0.15, 0.2) is 71.0 Å². The van der Waals surface area contributed by atoms with Gasteiger partial charge in [0.25, 0.3) is 0 Å². The van der Waals surface area contributed by atoms with Crippen LogP contribution in [0.5, 0.6) is 0 Å². The van der Waals surface area contributed by atoms with Crippen molar-refractivity contribution in [1.29, 1.82) is 0 Å². The molecular weight excluding hydrogens is 274 g/mol. The first-order valence-corrected chi connectivity index (χ1v) is 7.04. The zero-order valence-electron chi connectivity index (χ0n) is 12.6. The number of hydrogen-bond donors (Lipinski definition) is 1. The summed E-state index contributed by atoms with van der Waals surface area (Å²) in [6.45, 7) is 0. The van der Waals surface area contributed by atoms with E-state index < -0.39 is 0 Å². The van der Waals surface area contributed by atoms with E-state index in [1.807, 2.05) is 74.8 Å². The molecule has 0 aliphatic heterocycles. The van der Waals surface area contributed by atoms with Crippen molar-refractivity contribution in [3.05, 3.63) is 60.7 Å². The second kappa shape index (κ2) is 6.22. The van der Waals surface area contributed by atoms with Crippen LogP contribution in [0.3, 0.4) is 0 Å². The van der Waals surface area contributed by atoms with Crippen LogP contribution in [-0.2, 0) is 0 Å². The zero-order valence-corrected chi connectivity index (χ0v) is 12.6. The molecule has 0 spiro atoms. The second-order valence-corrected chi connectivity index (χ2v) is 5.06. The van der Waals surface area contributed by atoms with E-state index >= 15 is 0 Å². The molecule has 0 saturated heterocycles. The summed E-state index contributed by atoms with van der Waals surface area (Å²) in [7, 11) is 3.68. The van der Waals surface area contributed by atoms with Gasteiger partial charge in [-0.1, -0.05) is 65.9 Å². The summed E-state index contributed by atoms with van der Waals surface area (Å²) >= 11 is 0. The number of nitrogens with zero attached hydrogens (tertiary/aromatic N) is 4. The molecule has 1 aromatic heterocycles. The summed E-state index contributed by atoms with van der Waals surface area (Å²) in [6.07, 6.45) is 0. The molecule has 0 saturated carbocycles. The molecule has 0 atom stereocenters. The van der Waals surface area contributed by atoms with Gasteiger partial charge in [-0.2, -0.15) is 5.10 Å². The van der Waals surface area contributed by atoms with Gasteiger partial charge in [0.1, 0.15) is 11.4 Å². The third-order valence-corrected chi connectivity index (χ3v) is 3.17. The summed E-state index contributed by atoms with van der Waals surface area (Å²) in [5, 5.41) is 17.7. The molecule has 3 rings (SSSR count). The summed E-state index contributed by atoms with van der Waals surface area (Å²) in [5.74, 6) is 0. The maximum Gasteiger partial charge on any atom is 0.141 e. The molecule has 5 nitrogen and oxygen atoms in total. The van der Waals surface area contributed by atoms with E-state index in [4.69, 9.17) is 0 Å². The molecular formula is C17H17N5. The molecule has 22 heavy (non-hydrogen) atoms. The van der Waals surface area contributed by atoms with Gasteiger partial charge in [0, 0.05) is 25.2 Å². The van der Waals surface area contributed by atoms with Crippen molar-refractivity contribution in [2.45, 2.75) is 0 Å². The Morgan fingerprint density at radius 1 is 0.864 bits per heavy atom. The number of aromatic amines is 1. The van der Waals surface area contributed by atoms with Crippen LogP contribution in [0, 0.1) is 0 Å². The van der Waals surface area contributed by atoms with Gasteiger partial charge < -0.3 is 0 Å². The van der Waals surface area contributed by atoms with Crippen LogP contribution < -0.4 is 0 Å². The molecule has 110 valence electrons. The third kappa shape index (κ3) is 2.88. The fourth-order valence-electron chi connectivity index (χ4n) is 2.17. The SMILES string of the molecule is CN(C)N=Nc1c(-c2ccccc2)n[nH]c1-c1ccccc1. The van der Waals surface area contributed by atoms with Crippen molar-refractivity contribution in [2.24, 2.45) is 10.3 Å². The number of aromatic nitrogens is 2. The topological polar surface area (TPSA) is 56.6 Å². The van der Waals surface area contributed by atoms with E-state index in [1.165, 1.54) is 0 Å². The lowest BCUT2D eigenvalue weighted by Gasteiger charge is -2.03. The molecule has 0 bridgehead atoms. The van der Waals surface area contributed by atoms with E-state index in [0.29, 0.717) is 0 Å². The average molecular weight is 291 g/mol. The number of rotatable bonds is 4.